The lowest BCUT2D eigenvalue weighted by molar-refractivity contribution is -0.873. The highest BCUT2D eigenvalue weighted by atomic mass is 31.2. The smallest absolute Gasteiger partial charge is 0.268 e. The van der Waals surface area contributed by atoms with Gasteiger partial charge in [-0.3, -0.25) is 4.57 Å². The van der Waals surface area contributed by atoms with Crippen molar-refractivity contribution in [3.63, 3.8) is 0 Å². The van der Waals surface area contributed by atoms with Crippen molar-refractivity contribution in [1.82, 2.24) is 0 Å². The van der Waals surface area contributed by atoms with Crippen LogP contribution in [0.25, 0.3) is 0 Å². The second-order valence-electron chi connectivity index (χ2n) is 11.1. The molecule has 0 amide bonds. The Morgan fingerprint density at radius 1 is 0.771 bits per heavy atom. The molecule has 0 aromatic rings. The fourth-order valence-corrected chi connectivity index (χ4v) is 5.24. The van der Waals surface area contributed by atoms with Crippen LogP contribution in [0.1, 0.15) is 116 Å². The van der Waals surface area contributed by atoms with Crippen molar-refractivity contribution in [3.8, 4) is 0 Å². The summed E-state index contributed by atoms with van der Waals surface area (Å²) in [6, 6.07) is 0. The zero-order chi connectivity index (χ0) is 26.4. The molecule has 0 spiro atoms. The monoisotopic (exact) mass is 523 g/mol. The molecule has 0 saturated carbocycles. The first-order valence-electron chi connectivity index (χ1n) is 14.2. The predicted octanol–water partition coefficient (Wildman–Crippen LogP) is 6.22. The molecule has 7 nitrogen and oxygen atoms in total. The van der Waals surface area contributed by atoms with E-state index in [1.807, 2.05) is 21.1 Å². The number of phosphoric acid groups is 1. The lowest BCUT2D eigenvalue weighted by Gasteiger charge is -2.33. The largest absolute Gasteiger partial charge is 0.756 e. The molecule has 0 radical (unpaired) electrons. The molecule has 0 heterocycles. The quantitative estimate of drug-likeness (QED) is 0.0822. The molecular weight excluding hydrogens is 465 g/mol. The van der Waals surface area contributed by atoms with E-state index in [1.165, 1.54) is 97.0 Å². The Labute approximate surface area is 217 Å². The van der Waals surface area contributed by atoms with E-state index in [1.54, 1.807) is 0 Å². The number of hydrogen-bond acceptors (Lipinski definition) is 6. The molecule has 212 valence electrons. The average molecular weight is 524 g/mol. The van der Waals surface area contributed by atoms with Crippen LogP contribution < -0.4 is 4.89 Å². The number of unbranched alkanes of at least 4 members (excludes halogenated alkanes) is 15. The molecule has 0 rings (SSSR count). The van der Waals surface area contributed by atoms with Crippen molar-refractivity contribution in [3.05, 3.63) is 0 Å². The van der Waals surface area contributed by atoms with Gasteiger partial charge in [0.05, 0.1) is 34.4 Å². The third-order valence-electron chi connectivity index (χ3n) is 6.36. The van der Waals surface area contributed by atoms with Gasteiger partial charge < -0.3 is 28.3 Å². The summed E-state index contributed by atoms with van der Waals surface area (Å²) in [7, 11) is 3.01. The first-order chi connectivity index (χ1) is 16.6. The maximum absolute atomic E-state index is 12.3. The van der Waals surface area contributed by atoms with Gasteiger partial charge in [-0.25, -0.2) is 0 Å². The average Bonchev–Trinajstić information content (AvgIpc) is 2.78. The van der Waals surface area contributed by atoms with E-state index in [9.17, 15) is 9.46 Å². The SMILES string of the molecule is CCCCCCCCCCCCCCCCCCC(C[N+](C)(C)C)OP(=O)([O-])OC[C@@H](CO)OC. The van der Waals surface area contributed by atoms with E-state index in [0.717, 1.165) is 12.8 Å². The Morgan fingerprint density at radius 3 is 1.57 bits per heavy atom. The third kappa shape index (κ3) is 24.1. The Hall–Kier alpha value is -0.0100. The van der Waals surface area contributed by atoms with Gasteiger partial charge in [-0.05, 0) is 6.42 Å². The van der Waals surface area contributed by atoms with Crippen molar-refractivity contribution < 1.29 is 32.8 Å². The molecule has 35 heavy (non-hydrogen) atoms. The number of likely N-dealkylation sites (N-methyl/N-ethyl adjacent to an activating group) is 1. The van der Waals surface area contributed by atoms with E-state index in [4.69, 9.17) is 18.9 Å². The van der Waals surface area contributed by atoms with Crippen molar-refractivity contribution in [2.24, 2.45) is 0 Å². The number of aliphatic hydroxyl groups excluding tert-OH is 1. The van der Waals surface area contributed by atoms with Gasteiger partial charge in [0.15, 0.2) is 0 Å². The number of ether oxygens (including phenoxy) is 1. The highest BCUT2D eigenvalue weighted by molar-refractivity contribution is 7.45. The van der Waals surface area contributed by atoms with Gasteiger partial charge in [-0.15, -0.1) is 0 Å². The van der Waals surface area contributed by atoms with Crippen LogP contribution in [0.4, 0.5) is 0 Å². The fourth-order valence-electron chi connectivity index (χ4n) is 4.29. The minimum atomic E-state index is -4.46. The topological polar surface area (TPSA) is 88.1 Å². The van der Waals surface area contributed by atoms with E-state index < -0.39 is 20.0 Å². The molecule has 0 aliphatic heterocycles. The zero-order valence-corrected chi connectivity index (χ0v) is 24.6. The second-order valence-corrected chi connectivity index (χ2v) is 12.4. The molecule has 2 unspecified atom stereocenters. The number of aliphatic hydroxyl groups is 1. The summed E-state index contributed by atoms with van der Waals surface area (Å²) in [6.45, 7) is 2.30. The van der Waals surface area contributed by atoms with Gasteiger partial charge in [0.2, 0.25) is 0 Å². The molecule has 0 aliphatic rings. The molecule has 8 heteroatoms. The molecular formula is C27H58NO6P. The predicted molar refractivity (Wildman–Crippen MR) is 143 cm³/mol. The van der Waals surface area contributed by atoms with Crippen LogP contribution >= 0.6 is 7.82 Å². The van der Waals surface area contributed by atoms with Crippen LogP contribution in [-0.4, -0.2) is 69.8 Å². The van der Waals surface area contributed by atoms with Gasteiger partial charge in [-0.1, -0.05) is 110 Å². The summed E-state index contributed by atoms with van der Waals surface area (Å²) in [4.78, 5) is 12.3. The fraction of sp³-hybridized carbons (Fsp3) is 1.00. The second kappa shape index (κ2) is 22.0. The van der Waals surface area contributed by atoms with Crippen molar-refractivity contribution in [2.75, 3.05) is 48.0 Å². The molecule has 0 saturated heterocycles. The van der Waals surface area contributed by atoms with Crippen LogP contribution in [-0.2, 0) is 18.3 Å². The van der Waals surface area contributed by atoms with Crippen LogP contribution in [0.3, 0.4) is 0 Å². The van der Waals surface area contributed by atoms with Crippen molar-refractivity contribution in [2.45, 2.75) is 128 Å². The third-order valence-corrected chi connectivity index (χ3v) is 7.39. The van der Waals surface area contributed by atoms with E-state index in [-0.39, 0.29) is 13.2 Å². The summed E-state index contributed by atoms with van der Waals surface area (Å²) >= 11 is 0. The summed E-state index contributed by atoms with van der Waals surface area (Å²) in [6.07, 6.45) is 20.6. The minimum Gasteiger partial charge on any atom is -0.756 e. The first kappa shape index (κ1) is 35.0. The summed E-state index contributed by atoms with van der Waals surface area (Å²) < 4.78 is 28.2. The molecule has 0 bridgehead atoms. The summed E-state index contributed by atoms with van der Waals surface area (Å²) in [5.74, 6) is 0. The first-order valence-corrected chi connectivity index (χ1v) is 15.7. The van der Waals surface area contributed by atoms with E-state index >= 15 is 0 Å². The molecule has 3 atom stereocenters. The summed E-state index contributed by atoms with van der Waals surface area (Å²) in [5.41, 5.74) is 0. The van der Waals surface area contributed by atoms with E-state index in [0.29, 0.717) is 17.4 Å². The van der Waals surface area contributed by atoms with Crippen LogP contribution in [0.15, 0.2) is 0 Å². The van der Waals surface area contributed by atoms with Crippen molar-refractivity contribution >= 4 is 7.82 Å². The standard InChI is InChI=1S/C27H58NO6P/c1-6-7-8-9-10-11-12-13-14-15-16-17-18-19-20-21-22-26(23-28(2,3)4)34-35(30,31)33-25-27(24-29)32-5/h26-27,29H,6-25H2,1-5H3/t26?,27-/m1/s1. The maximum Gasteiger partial charge on any atom is 0.268 e. The zero-order valence-electron chi connectivity index (χ0n) is 23.7. The number of methoxy groups -OCH3 is 1. The number of nitrogens with zero attached hydrogens (tertiary/aromatic N) is 1. The lowest BCUT2D eigenvalue weighted by Crippen LogP contribution is -2.42. The maximum atomic E-state index is 12.3. The van der Waals surface area contributed by atoms with Crippen LogP contribution in [0.2, 0.25) is 0 Å². The summed E-state index contributed by atoms with van der Waals surface area (Å²) in [5, 5.41) is 9.13. The van der Waals surface area contributed by atoms with Crippen LogP contribution in [0, 0.1) is 0 Å². The van der Waals surface area contributed by atoms with Crippen LogP contribution in [0.5, 0.6) is 0 Å². The Balaban J connectivity index is 3.92. The molecule has 0 aromatic carbocycles. The van der Waals surface area contributed by atoms with Gasteiger partial charge >= 0.3 is 0 Å². The Morgan fingerprint density at radius 2 is 1.20 bits per heavy atom. The highest BCUT2D eigenvalue weighted by Crippen LogP contribution is 2.41. The molecule has 0 aromatic heterocycles. The van der Waals surface area contributed by atoms with E-state index in [2.05, 4.69) is 6.92 Å². The Kier molecular flexibility index (Phi) is 22.0. The minimum absolute atomic E-state index is 0.246. The Bertz CT molecular complexity index is 510. The van der Waals surface area contributed by atoms with Gasteiger partial charge in [0.25, 0.3) is 7.82 Å². The molecule has 0 fully saturated rings. The molecule has 0 aliphatic carbocycles. The normalized spacial score (nSPS) is 15.7. The number of quaternary nitrogens is 1. The van der Waals surface area contributed by atoms with Gasteiger partial charge in [0.1, 0.15) is 18.8 Å². The van der Waals surface area contributed by atoms with Crippen molar-refractivity contribution in [1.29, 1.82) is 0 Å². The number of phosphoric ester groups is 1. The molecule has 1 N–H and O–H groups in total. The number of hydrogen-bond donors (Lipinski definition) is 1. The highest BCUT2D eigenvalue weighted by Gasteiger charge is 2.24. The van der Waals surface area contributed by atoms with Gasteiger partial charge in [-0.2, -0.15) is 0 Å². The van der Waals surface area contributed by atoms with Gasteiger partial charge in [0, 0.05) is 7.11 Å². The number of rotatable bonds is 26. The lowest BCUT2D eigenvalue weighted by atomic mass is 10.0.